The van der Waals surface area contributed by atoms with Gasteiger partial charge in [0.15, 0.2) is 0 Å². The van der Waals surface area contributed by atoms with Gasteiger partial charge in [-0.15, -0.1) is 0 Å². The molecule has 1 aromatic rings. The second-order valence-electron chi connectivity index (χ2n) is 5.25. The van der Waals surface area contributed by atoms with Crippen molar-refractivity contribution >= 4 is 28.6 Å². The van der Waals surface area contributed by atoms with E-state index in [4.69, 9.17) is 4.74 Å². The molecule has 0 bridgehead atoms. The fourth-order valence-electron chi connectivity index (χ4n) is 2.59. The Morgan fingerprint density at radius 1 is 1.32 bits per heavy atom. The van der Waals surface area contributed by atoms with Crippen LogP contribution >= 0.6 is 22.6 Å². The van der Waals surface area contributed by atoms with Crippen molar-refractivity contribution in [2.45, 2.75) is 13.0 Å². The summed E-state index contributed by atoms with van der Waals surface area (Å²) < 4.78 is 6.47. The fourth-order valence-corrected chi connectivity index (χ4v) is 3.59. The van der Waals surface area contributed by atoms with Crippen LogP contribution in [0.25, 0.3) is 0 Å². The first-order chi connectivity index (χ1) is 9.19. The minimum Gasteiger partial charge on any atom is -0.461 e. The van der Waals surface area contributed by atoms with Crippen molar-refractivity contribution in [1.82, 2.24) is 4.90 Å². The summed E-state index contributed by atoms with van der Waals surface area (Å²) in [7, 11) is 2.12. The van der Waals surface area contributed by atoms with Crippen molar-refractivity contribution in [2.24, 2.45) is 11.8 Å². The van der Waals surface area contributed by atoms with Crippen LogP contribution in [0.1, 0.15) is 12.0 Å². The molecule has 19 heavy (non-hydrogen) atoms. The standard InChI is InChI=1S/C15H20INO2/c1-17-9-13(14(8-16)10-17)7-15(18)19-11-12-5-3-2-4-6-12/h2-6,13-14H,7-11H2,1H3. The molecule has 2 rings (SSSR count). The Morgan fingerprint density at radius 3 is 2.68 bits per heavy atom. The molecule has 0 N–H and O–H groups in total. The van der Waals surface area contributed by atoms with E-state index in [1.54, 1.807) is 0 Å². The van der Waals surface area contributed by atoms with Crippen molar-refractivity contribution in [3.63, 3.8) is 0 Å². The van der Waals surface area contributed by atoms with Gasteiger partial charge in [-0.25, -0.2) is 0 Å². The highest BCUT2D eigenvalue weighted by Gasteiger charge is 2.31. The van der Waals surface area contributed by atoms with E-state index in [2.05, 4.69) is 34.5 Å². The van der Waals surface area contributed by atoms with Crippen LogP contribution in [0.3, 0.4) is 0 Å². The van der Waals surface area contributed by atoms with Gasteiger partial charge in [0.2, 0.25) is 0 Å². The molecule has 1 fully saturated rings. The van der Waals surface area contributed by atoms with Crippen molar-refractivity contribution in [2.75, 3.05) is 24.6 Å². The summed E-state index contributed by atoms with van der Waals surface area (Å²) in [6.45, 7) is 2.49. The summed E-state index contributed by atoms with van der Waals surface area (Å²) in [4.78, 5) is 14.2. The van der Waals surface area contributed by atoms with Crippen LogP contribution < -0.4 is 0 Å². The molecular formula is C15H20INO2. The highest BCUT2D eigenvalue weighted by Crippen LogP contribution is 2.27. The molecule has 1 aliphatic rings. The zero-order chi connectivity index (χ0) is 13.7. The molecule has 0 saturated carbocycles. The second kappa shape index (κ2) is 7.24. The summed E-state index contributed by atoms with van der Waals surface area (Å²) in [5.74, 6) is 0.999. The number of ether oxygens (including phenoxy) is 1. The first-order valence-corrected chi connectivity index (χ1v) is 8.15. The van der Waals surface area contributed by atoms with Crippen molar-refractivity contribution < 1.29 is 9.53 Å². The zero-order valence-corrected chi connectivity index (χ0v) is 13.4. The summed E-state index contributed by atoms with van der Waals surface area (Å²) >= 11 is 2.41. The monoisotopic (exact) mass is 373 g/mol. The molecule has 1 aromatic carbocycles. The minimum absolute atomic E-state index is 0.0704. The largest absolute Gasteiger partial charge is 0.461 e. The number of hydrogen-bond donors (Lipinski definition) is 0. The van der Waals surface area contributed by atoms with Crippen LogP contribution in [0.5, 0.6) is 0 Å². The maximum Gasteiger partial charge on any atom is 0.306 e. The van der Waals surface area contributed by atoms with Gasteiger partial charge in [0, 0.05) is 23.9 Å². The Kier molecular flexibility index (Phi) is 5.63. The van der Waals surface area contributed by atoms with Crippen molar-refractivity contribution in [1.29, 1.82) is 0 Å². The Balaban J connectivity index is 1.78. The average molecular weight is 373 g/mol. The van der Waals surface area contributed by atoms with Gasteiger partial charge in [0.1, 0.15) is 6.61 Å². The Morgan fingerprint density at radius 2 is 2.00 bits per heavy atom. The number of carbonyl (C=O) groups is 1. The molecule has 0 aromatic heterocycles. The molecule has 4 heteroatoms. The number of nitrogens with zero attached hydrogens (tertiary/aromatic N) is 1. The lowest BCUT2D eigenvalue weighted by atomic mass is 9.95. The molecule has 2 unspecified atom stereocenters. The Hall–Kier alpha value is -0.620. The molecule has 0 radical (unpaired) electrons. The molecule has 2 atom stereocenters. The van der Waals surface area contributed by atoms with E-state index in [0.29, 0.717) is 24.9 Å². The number of hydrogen-bond acceptors (Lipinski definition) is 3. The maximum absolute atomic E-state index is 11.9. The van der Waals surface area contributed by atoms with E-state index in [1.807, 2.05) is 30.3 Å². The van der Waals surface area contributed by atoms with E-state index >= 15 is 0 Å². The third-order valence-electron chi connectivity index (χ3n) is 3.63. The summed E-state index contributed by atoms with van der Waals surface area (Å²) in [6.07, 6.45) is 0.546. The predicted molar refractivity (Wildman–Crippen MR) is 84.2 cm³/mol. The number of rotatable bonds is 5. The van der Waals surface area contributed by atoms with Crippen LogP contribution in [0.2, 0.25) is 0 Å². The lowest BCUT2D eigenvalue weighted by Gasteiger charge is -2.15. The average Bonchev–Trinajstić information content (AvgIpc) is 2.77. The van der Waals surface area contributed by atoms with Crippen LogP contribution in [-0.2, 0) is 16.1 Å². The second-order valence-corrected chi connectivity index (χ2v) is 6.13. The third kappa shape index (κ3) is 4.45. The third-order valence-corrected chi connectivity index (χ3v) is 4.76. The van der Waals surface area contributed by atoms with Crippen LogP contribution in [-0.4, -0.2) is 35.4 Å². The molecule has 1 saturated heterocycles. The number of esters is 1. The van der Waals surface area contributed by atoms with Gasteiger partial charge in [0.05, 0.1) is 0 Å². The smallest absolute Gasteiger partial charge is 0.306 e. The quantitative estimate of drug-likeness (QED) is 0.452. The lowest BCUT2D eigenvalue weighted by Crippen LogP contribution is -2.19. The first-order valence-electron chi connectivity index (χ1n) is 6.63. The highest BCUT2D eigenvalue weighted by molar-refractivity contribution is 14.1. The van der Waals surface area contributed by atoms with Gasteiger partial charge in [-0.2, -0.15) is 0 Å². The summed E-state index contributed by atoms with van der Waals surface area (Å²) in [6, 6.07) is 9.83. The normalized spacial score (nSPS) is 23.5. The number of halogens is 1. The SMILES string of the molecule is CN1CC(CI)C(CC(=O)OCc2ccccc2)C1. The number of carbonyl (C=O) groups excluding carboxylic acids is 1. The molecule has 1 aliphatic heterocycles. The van der Waals surface area contributed by atoms with Crippen LogP contribution in [0.15, 0.2) is 30.3 Å². The summed E-state index contributed by atoms with van der Waals surface area (Å²) in [5, 5.41) is 0. The van der Waals surface area contributed by atoms with Gasteiger partial charge in [-0.05, 0) is 24.4 Å². The highest BCUT2D eigenvalue weighted by atomic mass is 127. The molecule has 0 spiro atoms. The zero-order valence-electron chi connectivity index (χ0n) is 11.2. The van der Waals surface area contributed by atoms with E-state index in [9.17, 15) is 4.79 Å². The fraction of sp³-hybridized carbons (Fsp3) is 0.533. The molecule has 3 nitrogen and oxygen atoms in total. The van der Waals surface area contributed by atoms with E-state index in [0.717, 1.165) is 23.1 Å². The van der Waals surface area contributed by atoms with Gasteiger partial charge in [-0.3, -0.25) is 4.79 Å². The van der Waals surface area contributed by atoms with E-state index in [1.165, 1.54) is 0 Å². The number of benzene rings is 1. The Labute approximate surface area is 128 Å². The maximum atomic E-state index is 11.9. The molecule has 1 heterocycles. The van der Waals surface area contributed by atoms with Crippen LogP contribution in [0.4, 0.5) is 0 Å². The minimum atomic E-state index is -0.0704. The predicted octanol–water partition coefficient (Wildman–Crippen LogP) is 2.73. The number of alkyl halides is 1. The van der Waals surface area contributed by atoms with Gasteiger partial charge in [-0.1, -0.05) is 52.9 Å². The van der Waals surface area contributed by atoms with Gasteiger partial charge in [0.25, 0.3) is 0 Å². The van der Waals surface area contributed by atoms with Crippen molar-refractivity contribution in [3.05, 3.63) is 35.9 Å². The van der Waals surface area contributed by atoms with Crippen molar-refractivity contribution in [3.8, 4) is 0 Å². The van der Waals surface area contributed by atoms with Gasteiger partial charge < -0.3 is 9.64 Å². The van der Waals surface area contributed by atoms with E-state index in [-0.39, 0.29) is 5.97 Å². The molecular weight excluding hydrogens is 353 g/mol. The first kappa shape index (κ1) is 14.8. The molecule has 0 amide bonds. The molecule has 104 valence electrons. The lowest BCUT2D eigenvalue weighted by molar-refractivity contribution is -0.146. The van der Waals surface area contributed by atoms with Crippen LogP contribution in [0, 0.1) is 11.8 Å². The summed E-state index contributed by atoms with van der Waals surface area (Å²) in [5.41, 5.74) is 1.05. The van der Waals surface area contributed by atoms with E-state index < -0.39 is 0 Å². The number of likely N-dealkylation sites (tertiary alicyclic amines) is 1. The Bertz CT molecular complexity index is 410. The van der Waals surface area contributed by atoms with Gasteiger partial charge >= 0.3 is 5.97 Å². The molecule has 0 aliphatic carbocycles. The topological polar surface area (TPSA) is 29.5 Å².